The standard InChI is InChI=1S/C21H30N4OS/c1-16-6-5-11-24(14-16)20(26)17-9-12-23(13-10-17)15-25-19-8-4-3-7-18(19)22(2)21(25)27/h3-4,7-8,16-17H,5-6,9-15H2,1-2H3/t16-/m1/s1. The molecule has 0 spiro atoms. The van der Waals surface area contributed by atoms with E-state index >= 15 is 0 Å². The second-order valence-corrected chi connectivity index (χ2v) is 8.69. The Balaban J connectivity index is 1.40. The van der Waals surface area contributed by atoms with Crippen LogP contribution < -0.4 is 0 Å². The van der Waals surface area contributed by atoms with Crippen LogP contribution in [0, 0.1) is 16.6 Å². The average molecular weight is 387 g/mol. The van der Waals surface area contributed by atoms with E-state index in [1.807, 2.05) is 7.05 Å². The van der Waals surface area contributed by atoms with E-state index in [0.29, 0.717) is 11.8 Å². The Hall–Kier alpha value is -1.66. The van der Waals surface area contributed by atoms with Crippen LogP contribution in [-0.2, 0) is 18.5 Å². The number of likely N-dealkylation sites (tertiary alicyclic amines) is 2. The van der Waals surface area contributed by atoms with Crippen LogP contribution in [0.25, 0.3) is 11.0 Å². The SMILES string of the molecule is C[C@@H]1CCCN(C(=O)C2CCN(Cn3c(=S)n(C)c4ccccc43)CC2)C1. The molecule has 2 aromatic rings. The molecule has 0 aliphatic carbocycles. The van der Waals surface area contributed by atoms with Gasteiger partial charge in [-0.1, -0.05) is 19.1 Å². The predicted octanol–water partition coefficient (Wildman–Crippen LogP) is 3.64. The van der Waals surface area contributed by atoms with Crippen LogP contribution in [-0.4, -0.2) is 51.0 Å². The van der Waals surface area contributed by atoms with Crippen molar-refractivity contribution in [3.63, 3.8) is 0 Å². The molecule has 0 N–H and O–H groups in total. The lowest BCUT2D eigenvalue weighted by Gasteiger charge is -2.37. The highest BCUT2D eigenvalue weighted by molar-refractivity contribution is 7.71. The van der Waals surface area contributed by atoms with Gasteiger partial charge >= 0.3 is 0 Å². The number of carbonyl (C=O) groups is 1. The van der Waals surface area contributed by atoms with Gasteiger partial charge in [0.2, 0.25) is 5.91 Å². The molecule has 27 heavy (non-hydrogen) atoms. The third-order valence-corrected chi connectivity index (χ3v) is 6.79. The lowest BCUT2D eigenvalue weighted by atomic mass is 9.93. The summed E-state index contributed by atoms with van der Waals surface area (Å²) in [6.07, 6.45) is 4.34. The molecule has 2 fully saturated rings. The second kappa shape index (κ2) is 7.76. The maximum atomic E-state index is 12.9. The van der Waals surface area contributed by atoms with E-state index in [9.17, 15) is 4.79 Å². The van der Waals surface area contributed by atoms with E-state index in [0.717, 1.165) is 56.9 Å². The molecule has 0 radical (unpaired) electrons. The topological polar surface area (TPSA) is 33.4 Å². The number of rotatable bonds is 3. The van der Waals surface area contributed by atoms with Crippen LogP contribution in [0.15, 0.2) is 24.3 Å². The minimum Gasteiger partial charge on any atom is -0.342 e. The van der Waals surface area contributed by atoms with Gasteiger partial charge in [-0.3, -0.25) is 9.69 Å². The molecule has 0 unspecified atom stereocenters. The molecular formula is C21H30N4OS. The van der Waals surface area contributed by atoms with Gasteiger partial charge in [-0.05, 0) is 56.0 Å². The zero-order valence-corrected chi connectivity index (χ0v) is 17.2. The van der Waals surface area contributed by atoms with Gasteiger partial charge < -0.3 is 14.0 Å². The number of aryl methyl sites for hydroxylation is 1. The van der Waals surface area contributed by atoms with Crippen LogP contribution in [0.3, 0.4) is 0 Å². The number of piperidine rings is 2. The Labute approximate surface area is 166 Å². The van der Waals surface area contributed by atoms with Crippen LogP contribution >= 0.6 is 12.2 Å². The Kier molecular flexibility index (Phi) is 5.37. The van der Waals surface area contributed by atoms with Crippen molar-refractivity contribution in [2.75, 3.05) is 26.2 Å². The number of amides is 1. The molecule has 2 aliphatic heterocycles. The molecule has 1 aromatic heterocycles. The zero-order valence-electron chi connectivity index (χ0n) is 16.4. The zero-order chi connectivity index (χ0) is 19.0. The van der Waals surface area contributed by atoms with Crippen LogP contribution in [0.2, 0.25) is 0 Å². The molecule has 0 saturated carbocycles. The fourth-order valence-electron chi connectivity index (χ4n) is 4.67. The third kappa shape index (κ3) is 3.69. The summed E-state index contributed by atoms with van der Waals surface area (Å²) >= 11 is 5.66. The molecule has 2 saturated heterocycles. The van der Waals surface area contributed by atoms with Crippen molar-refractivity contribution in [3.8, 4) is 0 Å². The second-order valence-electron chi connectivity index (χ2n) is 8.32. The highest BCUT2D eigenvalue weighted by Crippen LogP contribution is 2.25. The molecule has 2 aliphatic rings. The Morgan fingerprint density at radius 2 is 1.81 bits per heavy atom. The summed E-state index contributed by atoms with van der Waals surface area (Å²) in [6.45, 7) is 6.89. The first kappa shape index (κ1) is 18.7. The summed E-state index contributed by atoms with van der Waals surface area (Å²) in [5.41, 5.74) is 2.36. The smallest absolute Gasteiger partial charge is 0.225 e. The van der Waals surface area contributed by atoms with E-state index in [1.165, 1.54) is 17.5 Å². The number of benzene rings is 1. The first-order chi connectivity index (χ1) is 13.0. The highest BCUT2D eigenvalue weighted by Gasteiger charge is 2.30. The van der Waals surface area contributed by atoms with E-state index in [1.54, 1.807) is 0 Å². The average Bonchev–Trinajstić information content (AvgIpc) is 2.93. The van der Waals surface area contributed by atoms with E-state index < -0.39 is 0 Å². The first-order valence-corrected chi connectivity index (χ1v) is 10.6. The molecule has 1 aromatic carbocycles. The Bertz CT molecular complexity index is 878. The first-order valence-electron chi connectivity index (χ1n) is 10.2. The number of para-hydroxylation sites is 2. The number of nitrogens with zero attached hydrogens (tertiary/aromatic N) is 4. The monoisotopic (exact) mass is 386 g/mol. The van der Waals surface area contributed by atoms with Gasteiger partial charge in [0.1, 0.15) is 0 Å². The lowest BCUT2D eigenvalue weighted by molar-refractivity contribution is -0.139. The van der Waals surface area contributed by atoms with Crippen molar-refractivity contribution in [1.82, 2.24) is 18.9 Å². The van der Waals surface area contributed by atoms with Gasteiger partial charge in [-0.25, -0.2) is 0 Å². The van der Waals surface area contributed by atoms with E-state index in [4.69, 9.17) is 12.2 Å². The maximum Gasteiger partial charge on any atom is 0.225 e. The van der Waals surface area contributed by atoms with Gasteiger partial charge in [0.05, 0.1) is 17.7 Å². The number of carbonyl (C=O) groups excluding carboxylic acids is 1. The number of imidazole rings is 1. The van der Waals surface area contributed by atoms with Crippen molar-refractivity contribution in [1.29, 1.82) is 0 Å². The predicted molar refractivity (Wildman–Crippen MR) is 111 cm³/mol. The third-order valence-electron chi connectivity index (χ3n) is 6.30. The highest BCUT2D eigenvalue weighted by atomic mass is 32.1. The molecule has 146 valence electrons. The van der Waals surface area contributed by atoms with Gasteiger partial charge in [0.25, 0.3) is 0 Å². The maximum absolute atomic E-state index is 12.9. The Morgan fingerprint density at radius 1 is 1.11 bits per heavy atom. The fourth-order valence-corrected chi connectivity index (χ4v) is 4.92. The van der Waals surface area contributed by atoms with Crippen molar-refractivity contribution in [2.45, 2.75) is 39.3 Å². The summed E-state index contributed by atoms with van der Waals surface area (Å²) < 4.78 is 5.16. The fraction of sp³-hybridized carbons (Fsp3) is 0.619. The van der Waals surface area contributed by atoms with Crippen molar-refractivity contribution >= 4 is 29.2 Å². The molecule has 0 bridgehead atoms. The molecular weight excluding hydrogens is 356 g/mol. The molecule has 1 atom stereocenters. The molecule has 3 heterocycles. The number of hydrogen-bond donors (Lipinski definition) is 0. The molecule has 4 rings (SSSR count). The van der Waals surface area contributed by atoms with Crippen LogP contribution in [0.5, 0.6) is 0 Å². The summed E-state index contributed by atoms with van der Waals surface area (Å²) in [5, 5.41) is 0. The number of fused-ring (bicyclic) bond motifs is 1. The normalized spacial score (nSPS) is 22.4. The molecule has 1 amide bonds. The van der Waals surface area contributed by atoms with Crippen molar-refractivity contribution < 1.29 is 4.79 Å². The largest absolute Gasteiger partial charge is 0.342 e. The van der Waals surface area contributed by atoms with Crippen molar-refractivity contribution in [2.24, 2.45) is 18.9 Å². The van der Waals surface area contributed by atoms with Gasteiger partial charge in [0.15, 0.2) is 4.77 Å². The quantitative estimate of drug-likeness (QED) is 0.755. The number of hydrogen-bond acceptors (Lipinski definition) is 3. The summed E-state index contributed by atoms with van der Waals surface area (Å²) in [4.78, 5) is 17.4. The molecule has 6 heteroatoms. The van der Waals surface area contributed by atoms with Crippen LogP contribution in [0.1, 0.15) is 32.6 Å². The van der Waals surface area contributed by atoms with Gasteiger partial charge in [0, 0.05) is 39.1 Å². The van der Waals surface area contributed by atoms with Crippen LogP contribution in [0.4, 0.5) is 0 Å². The van der Waals surface area contributed by atoms with Gasteiger partial charge in [-0.2, -0.15) is 0 Å². The van der Waals surface area contributed by atoms with E-state index in [-0.39, 0.29) is 5.92 Å². The molecule has 5 nitrogen and oxygen atoms in total. The summed E-state index contributed by atoms with van der Waals surface area (Å²) in [6, 6.07) is 8.38. The Morgan fingerprint density at radius 3 is 2.52 bits per heavy atom. The minimum atomic E-state index is 0.201. The summed E-state index contributed by atoms with van der Waals surface area (Å²) in [5.74, 6) is 1.24. The van der Waals surface area contributed by atoms with Crippen molar-refractivity contribution in [3.05, 3.63) is 29.0 Å². The lowest BCUT2D eigenvalue weighted by Crippen LogP contribution is -2.46. The van der Waals surface area contributed by atoms with E-state index in [2.05, 4.69) is 50.1 Å². The minimum absolute atomic E-state index is 0.201. The van der Waals surface area contributed by atoms with Gasteiger partial charge in [-0.15, -0.1) is 0 Å². The summed E-state index contributed by atoms with van der Waals surface area (Å²) in [7, 11) is 2.03. The number of aromatic nitrogens is 2.